The molecule has 17 heteroatoms. The van der Waals surface area contributed by atoms with Gasteiger partial charge >= 0.3 is 45.4 Å². The number of amides is 1. The molecular formula is C16H13F8NO7S. The molecule has 0 aliphatic carbocycles. The maximum absolute atomic E-state index is 13.7. The van der Waals surface area contributed by atoms with Crippen LogP contribution in [0.5, 0.6) is 0 Å². The first-order valence-corrected chi connectivity index (χ1v) is 9.60. The van der Waals surface area contributed by atoms with Crippen molar-refractivity contribution in [1.82, 2.24) is 0 Å². The van der Waals surface area contributed by atoms with Gasteiger partial charge in [-0.2, -0.15) is 43.5 Å². The third-order valence-electron chi connectivity index (χ3n) is 3.63. The van der Waals surface area contributed by atoms with Gasteiger partial charge in [-0.3, -0.25) is 9.35 Å². The van der Waals surface area contributed by atoms with E-state index in [9.17, 15) is 53.1 Å². The molecule has 2 N–H and O–H groups in total. The first kappa shape index (κ1) is 28.2. The Balaban J connectivity index is 3.31. The molecule has 1 atom stereocenters. The number of benzene rings is 1. The second-order valence-electron chi connectivity index (χ2n) is 5.98. The molecule has 1 aromatic carbocycles. The van der Waals surface area contributed by atoms with Crippen LogP contribution >= 0.6 is 0 Å². The van der Waals surface area contributed by atoms with Crippen LogP contribution in [0.2, 0.25) is 0 Å². The molecule has 186 valence electrons. The van der Waals surface area contributed by atoms with E-state index in [-0.39, 0.29) is 6.08 Å². The number of carbonyl (C=O) groups excluding carboxylic acids is 2. The van der Waals surface area contributed by atoms with E-state index in [0.29, 0.717) is 24.3 Å². The number of esters is 1. The van der Waals surface area contributed by atoms with E-state index in [1.807, 2.05) is 0 Å². The molecule has 1 rings (SSSR count). The van der Waals surface area contributed by atoms with Gasteiger partial charge in [0.25, 0.3) is 0 Å². The second kappa shape index (κ2) is 9.60. The molecule has 0 aromatic heterocycles. The summed E-state index contributed by atoms with van der Waals surface area (Å²) in [6.07, 6.45) is -12.8. The number of ether oxygens (including phenoxy) is 2. The zero-order chi connectivity index (χ0) is 25.9. The zero-order valence-electron chi connectivity index (χ0n) is 15.8. The van der Waals surface area contributed by atoms with E-state index in [1.54, 1.807) is 0 Å². The normalized spacial score (nSPS) is 14.8. The van der Waals surface area contributed by atoms with Crippen LogP contribution in [0, 0.1) is 0 Å². The monoisotopic (exact) mass is 515 g/mol. The van der Waals surface area contributed by atoms with Crippen molar-refractivity contribution in [1.29, 1.82) is 0 Å². The molecule has 0 saturated carbocycles. The summed E-state index contributed by atoms with van der Waals surface area (Å²) in [5.74, 6) is -8.98. The number of anilines is 1. The van der Waals surface area contributed by atoms with Crippen molar-refractivity contribution in [2.24, 2.45) is 0 Å². The van der Waals surface area contributed by atoms with Crippen LogP contribution in [0.4, 0.5) is 40.8 Å². The minimum Gasteiger partial charge on any atom is -0.412 e. The predicted octanol–water partition coefficient (Wildman–Crippen LogP) is 3.52. The number of nitrogens with one attached hydrogen (secondary N) is 1. The van der Waals surface area contributed by atoms with Crippen LogP contribution in [-0.4, -0.2) is 48.7 Å². The van der Waals surface area contributed by atoms with E-state index in [4.69, 9.17) is 4.55 Å². The summed E-state index contributed by atoms with van der Waals surface area (Å²) < 4.78 is 143. The van der Waals surface area contributed by atoms with Crippen LogP contribution in [0.25, 0.3) is 0 Å². The number of hydrogen-bond donors (Lipinski definition) is 2. The summed E-state index contributed by atoms with van der Waals surface area (Å²) in [5, 5.41) is -3.55. The molecule has 0 bridgehead atoms. The van der Waals surface area contributed by atoms with Crippen molar-refractivity contribution in [3.05, 3.63) is 42.5 Å². The van der Waals surface area contributed by atoms with Gasteiger partial charge in [-0.05, 0) is 24.3 Å². The topological polar surface area (TPSA) is 119 Å². The summed E-state index contributed by atoms with van der Waals surface area (Å²) in [6.45, 7) is 0.881. The van der Waals surface area contributed by atoms with Crippen LogP contribution in [0.15, 0.2) is 36.9 Å². The Morgan fingerprint density at radius 2 is 1.55 bits per heavy atom. The highest BCUT2D eigenvalue weighted by molar-refractivity contribution is 7.86. The number of carbonyl (C=O) groups is 2. The highest BCUT2D eigenvalue weighted by atomic mass is 32.2. The summed E-state index contributed by atoms with van der Waals surface area (Å²) in [7, 11) is -6.08. The second-order valence-corrected chi connectivity index (χ2v) is 7.53. The molecular weight excluding hydrogens is 502 g/mol. The Morgan fingerprint density at radius 1 is 1.03 bits per heavy atom. The Bertz CT molecular complexity index is 990. The van der Waals surface area contributed by atoms with Crippen molar-refractivity contribution in [3.63, 3.8) is 0 Å². The molecule has 1 amide bonds. The molecule has 0 spiro atoms. The molecule has 33 heavy (non-hydrogen) atoms. The maximum Gasteiger partial charge on any atom is 0.466 e. The third-order valence-corrected chi connectivity index (χ3v) is 4.59. The van der Waals surface area contributed by atoms with Crippen LogP contribution in [-0.2, 0) is 35.4 Å². The Morgan fingerprint density at radius 3 is 1.94 bits per heavy atom. The number of rotatable bonds is 9. The molecule has 0 aliphatic rings. The molecule has 0 fully saturated rings. The van der Waals surface area contributed by atoms with Gasteiger partial charge in [0.15, 0.2) is 0 Å². The predicted molar refractivity (Wildman–Crippen MR) is 92.2 cm³/mol. The van der Waals surface area contributed by atoms with Gasteiger partial charge in [0.1, 0.15) is 0 Å². The quantitative estimate of drug-likeness (QED) is 0.170. The molecule has 0 radical (unpaired) electrons. The minimum atomic E-state index is -6.08. The van der Waals surface area contributed by atoms with Gasteiger partial charge < -0.3 is 14.8 Å². The summed E-state index contributed by atoms with van der Waals surface area (Å²) >= 11 is 0. The van der Waals surface area contributed by atoms with Crippen LogP contribution < -0.4 is 5.32 Å². The number of halogens is 8. The molecule has 1 aromatic rings. The van der Waals surface area contributed by atoms with E-state index in [0.717, 1.165) is 0 Å². The fourth-order valence-corrected chi connectivity index (χ4v) is 2.33. The van der Waals surface area contributed by atoms with Gasteiger partial charge in [-0.15, -0.1) is 0 Å². The standard InChI is InChI=1S/C16H13F8NO7S/c1-2-11(26)32-14(16(22,23)24,31-8-7-13(17,18)33(28,29)30)12(27)25-10-5-3-9(4-6-10)15(19,20)21/h2-6H,1,7-8H2,(H,25,27)(H,28,29,30). The van der Waals surface area contributed by atoms with E-state index >= 15 is 0 Å². The molecule has 8 nitrogen and oxygen atoms in total. The molecule has 0 aliphatic heterocycles. The van der Waals surface area contributed by atoms with Gasteiger partial charge in [0.05, 0.1) is 18.6 Å². The van der Waals surface area contributed by atoms with E-state index in [1.165, 1.54) is 5.32 Å². The molecule has 0 heterocycles. The minimum absolute atomic E-state index is 0.141. The van der Waals surface area contributed by atoms with Crippen molar-refractivity contribution in [3.8, 4) is 0 Å². The first-order valence-electron chi connectivity index (χ1n) is 8.16. The lowest BCUT2D eigenvalue weighted by molar-refractivity contribution is -0.345. The smallest absolute Gasteiger partial charge is 0.412 e. The van der Waals surface area contributed by atoms with Crippen LogP contribution in [0.1, 0.15) is 12.0 Å². The first-order chi connectivity index (χ1) is 14.8. The Labute approximate surface area is 179 Å². The molecule has 1 unspecified atom stereocenters. The average molecular weight is 515 g/mol. The lowest BCUT2D eigenvalue weighted by Gasteiger charge is -2.33. The van der Waals surface area contributed by atoms with Gasteiger partial charge in [0, 0.05) is 11.8 Å². The maximum atomic E-state index is 13.7. The number of hydrogen-bond acceptors (Lipinski definition) is 6. The third kappa shape index (κ3) is 6.84. The van der Waals surface area contributed by atoms with E-state index in [2.05, 4.69) is 16.1 Å². The molecule has 0 saturated heterocycles. The van der Waals surface area contributed by atoms with E-state index < -0.39 is 69.7 Å². The zero-order valence-corrected chi connectivity index (χ0v) is 16.7. The summed E-state index contributed by atoms with van der Waals surface area (Å²) in [5.41, 5.74) is -1.91. The highest BCUT2D eigenvalue weighted by Gasteiger charge is 2.66. The lowest BCUT2D eigenvalue weighted by atomic mass is 10.1. The fraction of sp³-hybridized carbons (Fsp3) is 0.375. The van der Waals surface area contributed by atoms with Crippen LogP contribution in [0.3, 0.4) is 0 Å². The van der Waals surface area contributed by atoms with Crippen molar-refractivity contribution < 1.29 is 67.2 Å². The van der Waals surface area contributed by atoms with Gasteiger partial charge in [-0.25, -0.2) is 4.79 Å². The number of alkyl halides is 8. The fourth-order valence-electron chi connectivity index (χ4n) is 1.99. The van der Waals surface area contributed by atoms with Crippen molar-refractivity contribution in [2.45, 2.75) is 29.8 Å². The summed E-state index contributed by atoms with van der Waals surface area (Å²) in [6, 6.07) is 1.83. The van der Waals surface area contributed by atoms with Gasteiger partial charge in [0.2, 0.25) is 0 Å². The lowest BCUT2D eigenvalue weighted by Crippen LogP contribution is -2.59. The largest absolute Gasteiger partial charge is 0.466 e. The Kier molecular flexibility index (Phi) is 8.22. The van der Waals surface area contributed by atoms with Crippen molar-refractivity contribution in [2.75, 3.05) is 11.9 Å². The average Bonchev–Trinajstić information content (AvgIpc) is 2.64. The highest BCUT2D eigenvalue weighted by Crippen LogP contribution is 2.38. The SMILES string of the molecule is C=CC(=O)OC(OCCC(F)(F)S(=O)(=O)O)(C(=O)Nc1ccc(C(F)(F)F)cc1)C(F)(F)F. The van der Waals surface area contributed by atoms with Crippen molar-refractivity contribution >= 4 is 27.7 Å². The summed E-state index contributed by atoms with van der Waals surface area (Å²) in [4.78, 5) is 23.7. The van der Waals surface area contributed by atoms with Gasteiger partial charge in [-0.1, -0.05) is 6.58 Å². The Hall–Kier alpha value is -2.79.